The number of fused-ring (bicyclic) bond motifs is 6. The van der Waals surface area contributed by atoms with Crippen LogP contribution >= 0.6 is 0 Å². The topological polar surface area (TPSA) is 12.9 Å². The van der Waals surface area contributed by atoms with Gasteiger partial charge in [-0.2, -0.15) is 0 Å². The van der Waals surface area contributed by atoms with E-state index in [-0.39, 0.29) is 0 Å². The van der Waals surface area contributed by atoms with Gasteiger partial charge in [-0.15, -0.1) is 0 Å². The third-order valence-electron chi connectivity index (χ3n) is 3.55. The van der Waals surface area contributed by atoms with Crippen molar-refractivity contribution < 1.29 is 0 Å². The summed E-state index contributed by atoms with van der Waals surface area (Å²) >= 11 is 0. The predicted molar refractivity (Wildman–Crippen MR) is 78.1 cm³/mol. The number of rotatable bonds is 0. The molecule has 0 saturated heterocycles. The fourth-order valence-corrected chi connectivity index (χ4v) is 2.75. The van der Waals surface area contributed by atoms with Crippen LogP contribution in [0, 0.1) is 0 Å². The fraction of sp³-hybridized carbons (Fsp3) is 0. The summed E-state index contributed by atoms with van der Waals surface area (Å²) in [6.45, 7) is 0. The number of benzene rings is 3. The summed E-state index contributed by atoms with van der Waals surface area (Å²) in [7, 11) is 1.96. The van der Waals surface area contributed by atoms with E-state index in [1.165, 1.54) is 32.2 Å². The molecule has 2 heteroatoms. The van der Waals surface area contributed by atoms with E-state index in [2.05, 4.69) is 59.5 Å². The van der Waals surface area contributed by atoms with Crippen LogP contribution in [0.5, 0.6) is 0 Å². The van der Waals surface area contributed by atoms with Crippen molar-refractivity contribution in [3.8, 4) is 0 Å². The first-order valence-electron chi connectivity index (χ1n) is 6.08. The van der Waals surface area contributed by atoms with Gasteiger partial charge in [0, 0.05) is 0 Å². The Labute approximate surface area is 105 Å². The van der Waals surface area contributed by atoms with Crippen molar-refractivity contribution in [2.45, 2.75) is 0 Å². The van der Waals surface area contributed by atoms with Crippen molar-refractivity contribution in [3.05, 3.63) is 60.8 Å². The molecule has 0 radical (unpaired) electrons. The Morgan fingerprint density at radius 1 is 0.611 bits per heavy atom. The van der Waals surface area contributed by atoms with Gasteiger partial charge in [-0.3, -0.25) is 0 Å². The van der Waals surface area contributed by atoms with Gasteiger partial charge in [-0.25, -0.2) is 0 Å². The summed E-state index contributed by atoms with van der Waals surface area (Å²) < 4.78 is 0. The van der Waals surface area contributed by atoms with Crippen LogP contribution in [0.2, 0.25) is 0 Å². The van der Waals surface area contributed by atoms with Crippen molar-refractivity contribution in [3.63, 3.8) is 0 Å². The first-order valence-corrected chi connectivity index (χ1v) is 6.08. The second-order valence-corrected chi connectivity index (χ2v) is 4.51. The van der Waals surface area contributed by atoms with Gasteiger partial charge in [0.15, 0.2) is 0 Å². The third kappa shape index (κ3) is 1.23. The average molecular weight is 227 g/mol. The molecule has 4 aromatic rings. The quantitative estimate of drug-likeness (QED) is 0.415. The number of hydrogen-bond donors (Lipinski definition) is 0. The van der Waals surface area contributed by atoms with Gasteiger partial charge in [0.1, 0.15) is 0 Å². The molecule has 0 spiro atoms. The molecule has 0 fully saturated rings. The zero-order valence-corrected chi connectivity index (χ0v) is 9.80. The molecule has 0 saturated carbocycles. The maximum absolute atomic E-state index is 4.27. The fourth-order valence-electron chi connectivity index (χ4n) is 2.75. The van der Waals surface area contributed by atoms with Gasteiger partial charge in [0.05, 0.1) is 0 Å². The Bertz CT molecular complexity index is 663. The van der Waals surface area contributed by atoms with Crippen LogP contribution in [-0.2, 0) is 0 Å². The van der Waals surface area contributed by atoms with Crippen molar-refractivity contribution in [2.75, 3.05) is 0 Å². The summed E-state index contributed by atoms with van der Waals surface area (Å²) in [5.74, 6) is 0. The second-order valence-electron chi connectivity index (χ2n) is 4.51. The molecule has 4 rings (SSSR count). The Kier molecular flexibility index (Phi) is 1.98. The monoisotopic (exact) mass is 227 g/mol. The molecule has 3 aromatic carbocycles. The van der Waals surface area contributed by atoms with Crippen molar-refractivity contribution in [1.29, 1.82) is 0 Å². The third-order valence-corrected chi connectivity index (χ3v) is 3.55. The van der Waals surface area contributed by atoms with Crippen LogP contribution in [0.4, 0.5) is 0 Å². The molecule has 0 N–H and O–H groups in total. The van der Waals surface area contributed by atoms with E-state index in [1.54, 1.807) is 0 Å². The molecule has 0 aliphatic rings. The molecule has 82 valence electrons. The molecule has 0 aliphatic heterocycles. The number of aromatic nitrogens is 1. The summed E-state index contributed by atoms with van der Waals surface area (Å²) in [5.41, 5.74) is 0. The minimum absolute atomic E-state index is 1.23. The van der Waals surface area contributed by atoms with Crippen LogP contribution in [0.25, 0.3) is 32.2 Å². The molecule has 0 aliphatic carbocycles. The number of hydrogen-bond acceptors (Lipinski definition) is 1. The van der Waals surface area contributed by atoms with Gasteiger partial charge in [0.2, 0.25) is 0 Å². The van der Waals surface area contributed by atoms with Crippen LogP contribution in [0.15, 0.2) is 60.8 Å². The van der Waals surface area contributed by atoms with Crippen molar-refractivity contribution in [2.24, 2.45) is 0 Å². The Balaban J connectivity index is 2.46. The molecule has 0 bridgehead atoms. The van der Waals surface area contributed by atoms with Gasteiger partial charge in [-0.05, 0) is 0 Å². The molecule has 18 heavy (non-hydrogen) atoms. The van der Waals surface area contributed by atoms with E-state index in [1.807, 2.05) is 13.2 Å². The molecule has 1 heterocycles. The van der Waals surface area contributed by atoms with E-state index in [0.29, 0.717) is 0 Å². The first kappa shape index (κ1) is 9.78. The van der Waals surface area contributed by atoms with E-state index in [9.17, 15) is 0 Å². The van der Waals surface area contributed by atoms with Gasteiger partial charge < -0.3 is 0 Å². The van der Waals surface area contributed by atoms with Crippen LogP contribution in [0.3, 0.4) is 0 Å². The zero-order chi connectivity index (χ0) is 11.9. The summed E-state index contributed by atoms with van der Waals surface area (Å²) in [4.78, 5) is 4.27. The zero-order valence-electron chi connectivity index (χ0n) is 9.80. The Morgan fingerprint density at radius 3 is 1.78 bits per heavy atom. The molecular formula is C16H10BN. The van der Waals surface area contributed by atoms with E-state index in [0.717, 1.165) is 0 Å². The second kappa shape index (κ2) is 3.64. The van der Waals surface area contributed by atoms with E-state index < -0.39 is 0 Å². The molecule has 1 nitrogen and oxygen atoms in total. The van der Waals surface area contributed by atoms with Gasteiger partial charge in [0.25, 0.3) is 0 Å². The van der Waals surface area contributed by atoms with Gasteiger partial charge >= 0.3 is 105 Å². The summed E-state index contributed by atoms with van der Waals surface area (Å²) in [5, 5.41) is 7.69. The minimum atomic E-state index is 1.23. The summed E-state index contributed by atoms with van der Waals surface area (Å²) in [6, 6.07) is 19.2. The van der Waals surface area contributed by atoms with E-state index in [4.69, 9.17) is 0 Å². The predicted octanol–water partition coefficient (Wildman–Crippen LogP) is 3.88. The Hall–Kier alpha value is -2.22. The Morgan fingerprint density at radius 2 is 1.11 bits per heavy atom. The standard InChI is InChI=1S/C16H10BN/c1-2-7-13-11(5-1)12-6-3-4-8-14(12)16-15(13)9-10-18-17-16/h1-10H. The van der Waals surface area contributed by atoms with E-state index >= 15 is 0 Å². The van der Waals surface area contributed by atoms with Crippen molar-refractivity contribution >= 4 is 39.3 Å². The van der Waals surface area contributed by atoms with Gasteiger partial charge in [-0.1, -0.05) is 0 Å². The van der Waals surface area contributed by atoms with Crippen LogP contribution in [0.1, 0.15) is 0 Å². The van der Waals surface area contributed by atoms with Crippen LogP contribution < -0.4 is 0 Å². The summed E-state index contributed by atoms with van der Waals surface area (Å²) in [6.07, 6.45) is 1.86. The number of nitrogens with zero attached hydrogens (tertiary/aromatic N) is 1. The molecule has 0 unspecified atom stereocenters. The average Bonchev–Trinajstić information content (AvgIpc) is 2.48. The first-order chi connectivity index (χ1) is 8.95. The molecular weight excluding hydrogens is 217 g/mol. The SMILES string of the molecule is b1nccc2c1c1ccccc1c1ccccc21. The molecule has 0 atom stereocenters. The normalized spacial score (nSPS) is 11.1. The maximum atomic E-state index is 4.27. The molecule has 1 aromatic heterocycles. The van der Waals surface area contributed by atoms with Crippen molar-refractivity contribution in [1.82, 2.24) is 4.89 Å². The molecule has 0 amide bonds. The van der Waals surface area contributed by atoms with Crippen LogP contribution in [-0.4, -0.2) is 11.9 Å².